The third-order valence-electron chi connectivity index (χ3n) is 7.11. The standard InChI is InChI=1S/C24H39N5/c1-20-5-7-22(8-6-20)18-27-14-9-21(10-15-27)17-26-24(25-2)29-16-11-23(19-29)28-12-3-4-13-28/h5-8,21,23H,3-4,9-19H2,1-2H3,(H,25,26). The molecule has 0 saturated carbocycles. The Hall–Kier alpha value is -1.59. The molecule has 3 aliphatic rings. The van der Waals surface area contributed by atoms with Crippen molar-refractivity contribution in [2.45, 2.75) is 51.6 Å². The van der Waals surface area contributed by atoms with E-state index in [9.17, 15) is 0 Å². The number of nitrogens with one attached hydrogen (secondary N) is 1. The molecular formula is C24H39N5. The fraction of sp³-hybridized carbons (Fsp3) is 0.708. The molecule has 0 aliphatic carbocycles. The number of rotatable bonds is 5. The van der Waals surface area contributed by atoms with Gasteiger partial charge in [-0.25, -0.2) is 0 Å². The summed E-state index contributed by atoms with van der Waals surface area (Å²) in [6, 6.07) is 9.74. The summed E-state index contributed by atoms with van der Waals surface area (Å²) in [6.45, 7) is 11.6. The van der Waals surface area contributed by atoms with Gasteiger partial charge in [0.1, 0.15) is 0 Å². The first kappa shape index (κ1) is 20.7. The molecule has 3 heterocycles. The third kappa shape index (κ3) is 5.52. The average molecular weight is 398 g/mol. The van der Waals surface area contributed by atoms with Crippen molar-refractivity contribution in [2.75, 3.05) is 52.9 Å². The number of benzene rings is 1. The van der Waals surface area contributed by atoms with E-state index in [-0.39, 0.29) is 0 Å². The second-order valence-electron chi connectivity index (χ2n) is 9.26. The van der Waals surface area contributed by atoms with Crippen LogP contribution >= 0.6 is 0 Å². The maximum absolute atomic E-state index is 4.60. The van der Waals surface area contributed by atoms with Crippen LogP contribution in [0.2, 0.25) is 0 Å². The number of piperidine rings is 1. The minimum atomic E-state index is 0.737. The quantitative estimate of drug-likeness (QED) is 0.612. The smallest absolute Gasteiger partial charge is 0.193 e. The normalized spacial score (nSPS) is 25.1. The van der Waals surface area contributed by atoms with Crippen molar-refractivity contribution in [3.8, 4) is 0 Å². The van der Waals surface area contributed by atoms with E-state index in [1.165, 1.54) is 69.4 Å². The second-order valence-corrected chi connectivity index (χ2v) is 9.26. The number of aryl methyl sites for hydroxylation is 1. The summed E-state index contributed by atoms with van der Waals surface area (Å²) in [5.41, 5.74) is 2.78. The molecule has 1 atom stereocenters. The topological polar surface area (TPSA) is 34.1 Å². The minimum Gasteiger partial charge on any atom is -0.356 e. The van der Waals surface area contributed by atoms with Crippen LogP contribution in [0.25, 0.3) is 0 Å². The zero-order chi connectivity index (χ0) is 20.1. The Bertz CT molecular complexity index is 656. The van der Waals surface area contributed by atoms with Crippen molar-refractivity contribution in [2.24, 2.45) is 10.9 Å². The van der Waals surface area contributed by atoms with Crippen LogP contribution in [0, 0.1) is 12.8 Å². The molecule has 0 spiro atoms. The molecule has 1 aromatic rings. The lowest BCUT2D eigenvalue weighted by atomic mass is 9.96. The van der Waals surface area contributed by atoms with E-state index in [0.717, 1.165) is 44.1 Å². The van der Waals surface area contributed by atoms with E-state index in [1.807, 2.05) is 7.05 Å². The van der Waals surface area contributed by atoms with Gasteiger partial charge in [0.2, 0.25) is 0 Å². The van der Waals surface area contributed by atoms with Gasteiger partial charge in [-0.15, -0.1) is 0 Å². The van der Waals surface area contributed by atoms with Crippen LogP contribution in [-0.2, 0) is 6.54 Å². The third-order valence-corrected chi connectivity index (χ3v) is 7.11. The summed E-state index contributed by atoms with van der Waals surface area (Å²) in [7, 11) is 1.94. The zero-order valence-electron chi connectivity index (χ0n) is 18.4. The molecule has 3 saturated heterocycles. The van der Waals surface area contributed by atoms with Gasteiger partial charge >= 0.3 is 0 Å². The van der Waals surface area contributed by atoms with E-state index in [4.69, 9.17) is 0 Å². The molecule has 29 heavy (non-hydrogen) atoms. The molecule has 1 unspecified atom stereocenters. The van der Waals surface area contributed by atoms with Gasteiger partial charge in [0.05, 0.1) is 0 Å². The molecule has 4 rings (SSSR count). The van der Waals surface area contributed by atoms with Gasteiger partial charge in [-0.2, -0.15) is 0 Å². The minimum absolute atomic E-state index is 0.737. The van der Waals surface area contributed by atoms with E-state index in [2.05, 4.69) is 56.2 Å². The molecule has 3 fully saturated rings. The summed E-state index contributed by atoms with van der Waals surface area (Å²) in [4.78, 5) is 12.4. The van der Waals surface area contributed by atoms with Crippen LogP contribution in [0.4, 0.5) is 0 Å². The molecule has 1 aromatic carbocycles. The SMILES string of the molecule is CN=C(NCC1CCN(Cc2ccc(C)cc2)CC1)N1CCC(N2CCCC2)C1. The molecule has 3 aliphatic heterocycles. The highest BCUT2D eigenvalue weighted by molar-refractivity contribution is 5.80. The van der Waals surface area contributed by atoms with Crippen LogP contribution in [-0.4, -0.2) is 79.6 Å². The Morgan fingerprint density at radius 3 is 2.41 bits per heavy atom. The molecule has 160 valence electrons. The van der Waals surface area contributed by atoms with Gasteiger partial charge in [-0.3, -0.25) is 14.8 Å². The highest BCUT2D eigenvalue weighted by Crippen LogP contribution is 2.21. The van der Waals surface area contributed by atoms with Gasteiger partial charge in [-0.1, -0.05) is 29.8 Å². The Morgan fingerprint density at radius 1 is 1.00 bits per heavy atom. The predicted octanol–water partition coefficient (Wildman–Crippen LogP) is 2.95. The molecule has 0 bridgehead atoms. The van der Waals surface area contributed by atoms with Gasteiger partial charge < -0.3 is 10.2 Å². The summed E-state index contributed by atoms with van der Waals surface area (Å²) in [5.74, 6) is 1.88. The maximum Gasteiger partial charge on any atom is 0.193 e. The molecule has 0 amide bonds. The Balaban J connectivity index is 1.18. The number of aliphatic imine (C=N–C) groups is 1. The summed E-state index contributed by atoms with van der Waals surface area (Å²) in [5, 5.41) is 3.70. The van der Waals surface area contributed by atoms with Crippen LogP contribution in [0.15, 0.2) is 29.3 Å². The fourth-order valence-corrected chi connectivity index (χ4v) is 5.21. The van der Waals surface area contributed by atoms with Crippen LogP contribution in [0.5, 0.6) is 0 Å². The largest absolute Gasteiger partial charge is 0.356 e. The maximum atomic E-state index is 4.60. The molecule has 5 nitrogen and oxygen atoms in total. The zero-order valence-corrected chi connectivity index (χ0v) is 18.4. The first-order valence-corrected chi connectivity index (χ1v) is 11.7. The number of guanidine groups is 1. The van der Waals surface area contributed by atoms with E-state index in [0.29, 0.717) is 0 Å². The average Bonchev–Trinajstić information content (AvgIpc) is 3.43. The fourth-order valence-electron chi connectivity index (χ4n) is 5.21. The molecule has 1 N–H and O–H groups in total. The monoisotopic (exact) mass is 397 g/mol. The van der Waals surface area contributed by atoms with Gasteiger partial charge in [0.25, 0.3) is 0 Å². The van der Waals surface area contributed by atoms with Crippen molar-refractivity contribution < 1.29 is 0 Å². The second kappa shape index (κ2) is 9.94. The van der Waals surface area contributed by atoms with Gasteiger partial charge in [0.15, 0.2) is 5.96 Å². The van der Waals surface area contributed by atoms with Crippen molar-refractivity contribution in [1.82, 2.24) is 20.0 Å². The molecule has 0 aromatic heterocycles. The highest BCUT2D eigenvalue weighted by Gasteiger charge is 2.31. The number of likely N-dealkylation sites (tertiary alicyclic amines) is 3. The first-order chi connectivity index (χ1) is 14.2. The van der Waals surface area contributed by atoms with Crippen molar-refractivity contribution in [3.63, 3.8) is 0 Å². The molecule has 0 radical (unpaired) electrons. The van der Waals surface area contributed by atoms with Gasteiger partial charge in [0, 0.05) is 39.3 Å². The van der Waals surface area contributed by atoms with Crippen LogP contribution in [0.3, 0.4) is 0 Å². The summed E-state index contributed by atoms with van der Waals surface area (Å²) < 4.78 is 0. The summed E-state index contributed by atoms with van der Waals surface area (Å²) >= 11 is 0. The molecular weight excluding hydrogens is 358 g/mol. The van der Waals surface area contributed by atoms with Gasteiger partial charge in [-0.05, 0) is 76.7 Å². The van der Waals surface area contributed by atoms with Crippen LogP contribution in [0.1, 0.15) is 43.2 Å². The van der Waals surface area contributed by atoms with Crippen LogP contribution < -0.4 is 5.32 Å². The van der Waals surface area contributed by atoms with Crippen molar-refractivity contribution in [3.05, 3.63) is 35.4 Å². The summed E-state index contributed by atoms with van der Waals surface area (Å²) in [6.07, 6.45) is 6.62. The Labute approximate surface area is 177 Å². The predicted molar refractivity (Wildman–Crippen MR) is 121 cm³/mol. The lowest BCUT2D eigenvalue weighted by Gasteiger charge is -2.33. The Morgan fingerprint density at radius 2 is 1.72 bits per heavy atom. The lowest BCUT2D eigenvalue weighted by Crippen LogP contribution is -2.45. The Kier molecular flexibility index (Phi) is 7.09. The first-order valence-electron chi connectivity index (χ1n) is 11.7. The van der Waals surface area contributed by atoms with E-state index < -0.39 is 0 Å². The lowest BCUT2D eigenvalue weighted by molar-refractivity contribution is 0.177. The highest BCUT2D eigenvalue weighted by atomic mass is 15.3. The number of hydrogen-bond acceptors (Lipinski definition) is 3. The van der Waals surface area contributed by atoms with Crippen molar-refractivity contribution in [1.29, 1.82) is 0 Å². The number of nitrogens with zero attached hydrogens (tertiary/aromatic N) is 4. The van der Waals surface area contributed by atoms with E-state index >= 15 is 0 Å². The van der Waals surface area contributed by atoms with E-state index in [1.54, 1.807) is 0 Å². The molecule has 5 heteroatoms. The number of hydrogen-bond donors (Lipinski definition) is 1. The van der Waals surface area contributed by atoms with Crippen molar-refractivity contribution >= 4 is 5.96 Å².